The van der Waals surface area contributed by atoms with Gasteiger partial charge < -0.3 is 19.4 Å². The number of ether oxygens (including phenoxy) is 1. The lowest BCUT2D eigenvalue weighted by Crippen LogP contribution is -2.28. The summed E-state index contributed by atoms with van der Waals surface area (Å²) in [5.74, 6) is -0.0976. The van der Waals surface area contributed by atoms with E-state index < -0.39 is 5.92 Å². The van der Waals surface area contributed by atoms with Gasteiger partial charge in [-0.3, -0.25) is 9.59 Å². The Morgan fingerprint density at radius 1 is 1.03 bits per heavy atom. The first-order chi connectivity index (χ1) is 14.6. The zero-order valence-corrected chi connectivity index (χ0v) is 16.4. The molecule has 30 heavy (non-hydrogen) atoms. The number of carbonyl (C=O) groups is 2. The Kier molecular flexibility index (Phi) is 4.39. The van der Waals surface area contributed by atoms with Gasteiger partial charge in [-0.15, -0.1) is 0 Å². The number of benzene rings is 3. The van der Waals surface area contributed by atoms with Gasteiger partial charge in [-0.1, -0.05) is 30.3 Å². The van der Waals surface area contributed by atoms with Crippen LogP contribution in [0.1, 0.15) is 6.42 Å². The Bertz CT molecular complexity index is 1280. The number of anilines is 2. The molecule has 1 saturated heterocycles. The summed E-state index contributed by atoms with van der Waals surface area (Å²) in [5, 5.41) is 4.98. The molecule has 150 valence electrons. The number of nitrogens with one attached hydrogen (secondary N) is 1. The fourth-order valence-electron chi connectivity index (χ4n) is 4.02. The minimum atomic E-state index is -0.436. The van der Waals surface area contributed by atoms with E-state index in [-0.39, 0.29) is 18.2 Å². The average molecular weight is 400 g/mol. The largest absolute Gasteiger partial charge is 0.495 e. The van der Waals surface area contributed by atoms with Crippen LogP contribution in [0, 0.1) is 5.92 Å². The molecule has 1 aliphatic heterocycles. The lowest BCUT2D eigenvalue weighted by Gasteiger charge is -2.19. The van der Waals surface area contributed by atoms with Gasteiger partial charge in [0.25, 0.3) is 0 Å². The van der Waals surface area contributed by atoms with Crippen LogP contribution in [0.5, 0.6) is 5.75 Å². The first-order valence-corrected chi connectivity index (χ1v) is 9.79. The van der Waals surface area contributed by atoms with E-state index >= 15 is 0 Å². The van der Waals surface area contributed by atoms with Crippen molar-refractivity contribution in [2.45, 2.75) is 6.42 Å². The van der Waals surface area contributed by atoms with E-state index in [0.29, 0.717) is 29.3 Å². The van der Waals surface area contributed by atoms with Crippen LogP contribution in [0.2, 0.25) is 0 Å². The molecule has 1 atom stereocenters. The molecule has 2 heterocycles. The molecule has 6 heteroatoms. The van der Waals surface area contributed by atoms with Crippen LogP contribution >= 0.6 is 0 Å². The lowest BCUT2D eigenvalue weighted by molar-refractivity contribution is -0.122. The van der Waals surface area contributed by atoms with Crippen molar-refractivity contribution in [2.75, 3.05) is 23.9 Å². The number of hydrogen-bond donors (Lipinski definition) is 1. The maximum Gasteiger partial charge on any atom is 0.229 e. The normalized spacial score (nSPS) is 16.4. The molecular weight excluding hydrogens is 380 g/mol. The molecule has 1 N–H and O–H groups in total. The molecule has 0 spiro atoms. The van der Waals surface area contributed by atoms with E-state index in [4.69, 9.17) is 9.15 Å². The van der Waals surface area contributed by atoms with E-state index in [0.717, 1.165) is 16.4 Å². The molecular formula is C24H20N2O4. The van der Waals surface area contributed by atoms with Crippen molar-refractivity contribution in [3.8, 4) is 5.75 Å². The molecule has 3 aromatic carbocycles. The van der Waals surface area contributed by atoms with E-state index in [9.17, 15) is 9.59 Å². The quantitative estimate of drug-likeness (QED) is 0.544. The van der Waals surface area contributed by atoms with E-state index in [1.165, 1.54) is 0 Å². The van der Waals surface area contributed by atoms with Crippen molar-refractivity contribution in [3.05, 3.63) is 66.7 Å². The Morgan fingerprint density at radius 2 is 1.80 bits per heavy atom. The molecule has 1 unspecified atom stereocenters. The number of rotatable bonds is 4. The predicted molar refractivity (Wildman–Crippen MR) is 116 cm³/mol. The second-order valence-corrected chi connectivity index (χ2v) is 7.38. The van der Waals surface area contributed by atoms with Crippen LogP contribution in [-0.4, -0.2) is 25.5 Å². The smallest absolute Gasteiger partial charge is 0.229 e. The van der Waals surface area contributed by atoms with Gasteiger partial charge in [0.1, 0.15) is 16.9 Å². The second-order valence-electron chi connectivity index (χ2n) is 7.38. The van der Waals surface area contributed by atoms with Crippen LogP contribution in [0.15, 0.2) is 71.1 Å². The zero-order chi connectivity index (χ0) is 20.7. The molecule has 0 radical (unpaired) electrons. The summed E-state index contributed by atoms with van der Waals surface area (Å²) < 4.78 is 11.2. The van der Waals surface area contributed by atoms with E-state index in [2.05, 4.69) is 5.32 Å². The predicted octanol–water partition coefficient (Wildman–Crippen LogP) is 4.59. The summed E-state index contributed by atoms with van der Waals surface area (Å²) in [4.78, 5) is 27.0. The minimum absolute atomic E-state index is 0.0904. The van der Waals surface area contributed by atoms with Gasteiger partial charge in [-0.25, -0.2) is 0 Å². The maximum absolute atomic E-state index is 12.8. The molecule has 6 nitrogen and oxygen atoms in total. The average Bonchev–Trinajstić information content (AvgIpc) is 3.33. The highest BCUT2D eigenvalue weighted by Crippen LogP contribution is 2.34. The van der Waals surface area contributed by atoms with Gasteiger partial charge in [-0.05, 0) is 30.3 Å². The number of amides is 2. The highest BCUT2D eigenvalue weighted by Gasteiger charge is 2.36. The number of furan rings is 1. The Balaban J connectivity index is 1.35. The first kappa shape index (κ1) is 18.2. The van der Waals surface area contributed by atoms with Crippen LogP contribution in [0.4, 0.5) is 11.4 Å². The third kappa shape index (κ3) is 3.06. The molecule has 1 fully saturated rings. The number of nitrogens with zero attached hydrogens (tertiary/aromatic N) is 1. The third-order valence-corrected chi connectivity index (χ3v) is 5.52. The van der Waals surface area contributed by atoms with Crippen LogP contribution in [0.25, 0.3) is 21.9 Å². The molecule has 2 amide bonds. The SMILES string of the molecule is COc1ccccc1N1CC(C(=O)Nc2ccc3c(c2)oc2ccccc23)CC1=O. The van der Waals surface area contributed by atoms with Gasteiger partial charge in [0.2, 0.25) is 11.8 Å². The molecule has 4 aromatic rings. The topological polar surface area (TPSA) is 71.8 Å². The fraction of sp³-hybridized carbons (Fsp3) is 0.167. The Labute approximate surface area is 173 Å². The highest BCUT2D eigenvalue weighted by atomic mass is 16.5. The van der Waals surface area contributed by atoms with Gasteiger partial charge in [0.05, 0.1) is 18.7 Å². The molecule has 0 saturated carbocycles. The molecule has 1 aliphatic rings. The van der Waals surface area contributed by atoms with Crippen molar-refractivity contribution >= 4 is 45.1 Å². The summed E-state index contributed by atoms with van der Waals surface area (Å²) in [6.45, 7) is 0.317. The lowest BCUT2D eigenvalue weighted by atomic mass is 10.1. The number of carbonyl (C=O) groups excluding carboxylic acids is 2. The van der Waals surface area contributed by atoms with Gasteiger partial charge in [0, 0.05) is 35.5 Å². The van der Waals surface area contributed by atoms with Crippen molar-refractivity contribution in [1.82, 2.24) is 0 Å². The molecule has 5 rings (SSSR count). The zero-order valence-electron chi connectivity index (χ0n) is 16.4. The summed E-state index contributed by atoms with van der Waals surface area (Å²) in [7, 11) is 1.57. The molecule has 0 bridgehead atoms. The Hall–Kier alpha value is -3.80. The first-order valence-electron chi connectivity index (χ1n) is 9.79. The molecule has 0 aliphatic carbocycles. The Morgan fingerprint density at radius 3 is 2.67 bits per heavy atom. The van der Waals surface area contributed by atoms with Crippen molar-refractivity contribution in [3.63, 3.8) is 0 Å². The number of fused-ring (bicyclic) bond motifs is 3. The van der Waals surface area contributed by atoms with Gasteiger partial charge in [0.15, 0.2) is 0 Å². The van der Waals surface area contributed by atoms with Gasteiger partial charge in [-0.2, -0.15) is 0 Å². The molecule has 1 aromatic heterocycles. The maximum atomic E-state index is 12.8. The number of hydrogen-bond acceptors (Lipinski definition) is 4. The monoisotopic (exact) mass is 400 g/mol. The van der Waals surface area contributed by atoms with Crippen molar-refractivity contribution in [2.24, 2.45) is 5.92 Å². The summed E-state index contributed by atoms with van der Waals surface area (Å²) in [6.07, 6.45) is 0.163. The van der Waals surface area contributed by atoms with Gasteiger partial charge >= 0.3 is 0 Å². The van der Waals surface area contributed by atoms with E-state index in [1.807, 2.05) is 60.7 Å². The minimum Gasteiger partial charge on any atom is -0.495 e. The summed E-state index contributed by atoms with van der Waals surface area (Å²) >= 11 is 0. The third-order valence-electron chi connectivity index (χ3n) is 5.52. The van der Waals surface area contributed by atoms with Crippen LogP contribution in [-0.2, 0) is 9.59 Å². The van der Waals surface area contributed by atoms with E-state index in [1.54, 1.807) is 18.1 Å². The van der Waals surface area contributed by atoms with Crippen molar-refractivity contribution < 1.29 is 18.7 Å². The number of para-hydroxylation sites is 3. The standard InChI is InChI=1S/C24H20N2O4/c1-29-21-9-5-3-7-19(21)26-14-15(12-23(26)27)24(28)25-16-10-11-18-17-6-2-4-8-20(17)30-22(18)13-16/h2-11,13,15H,12,14H2,1H3,(H,25,28). The summed E-state index contributed by atoms with van der Waals surface area (Å²) in [5.41, 5.74) is 2.86. The van der Waals surface area contributed by atoms with Crippen molar-refractivity contribution in [1.29, 1.82) is 0 Å². The number of methoxy groups -OCH3 is 1. The fourth-order valence-corrected chi connectivity index (χ4v) is 4.02. The van der Waals surface area contributed by atoms with Crippen LogP contribution in [0.3, 0.4) is 0 Å². The highest BCUT2D eigenvalue weighted by molar-refractivity contribution is 6.07. The second kappa shape index (κ2) is 7.22. The summed E-state index contributed by atoms with van der Waals surface area (Å²) in [6, 6.07) is 20.8. The van der Waals surface area contributed by atoms with Crippen LogP contribution < -0.4 is 15.0 Å².